The second-order valence-electron chi connectivity index (χ2n) is 7.49. The van der Waals surface area contributed by atoms with Crippen molar-refractivity contribution in [2.24, 2.45) is 0 Å². The molecule has 2 heterocycles. The van der Waals surface area contributed by atoms with Gasteiger partial charge in [-0.25, -0.2) is 0 Å². The predicted molar refractivity (Wildman–Crippen MR) is 130 cm³/mol. The minimum Gasteiger partial charge on any atom is -0.497 e. The van der Waals surface area contributed by atoms with Crippen LogP contribution in [0, 0.1) is 0 Å². The van der Waals surface area contributed by atoms with E-state index in [-0.39, 0.29) is 17.7 Å². The molecule has 4 rings (SSSR count). The molecule has 1 aliphatic rings. The summed E-state index contributed by atoms with van der Waals surface area (Å²) in [5.74, 6) is 1.53. The molecule has 0 spiro atoms. The van der Waals surface area contributed by atoms with Crippen molar-refractivity contribution in [3.63, 3.8) is 0 Å². The Morgan fingerprint density at radius 2 is 1.82 bits per heavy atom. The lowest BCUT2D eigenvalue weighted by Crippen LogP contribution is -2.24. The maximum absolute atomic E-state index is 12.6. The molecule has 1 fully saturated rings. The molecule has 10 heteroatoms. The van der Waals surface area contributed by atoms with Gasteiger partial charge in [-0.15, -0.1) is 10.2 Å². The van der Waals surface area contributed by atoms with Gasteiger partial charge < -0.3 is 19.1 Å². The summed E-state index contributed by atoms with van der Waals surface area (Å²) < 4.78 is 15.7. The largest absolute Gasteiger partial charge is 0.497 e. The van der Waals surface area contributed by atoms with Crippen LogP contribution in [0.25, 0.3) is 6.08 Å². The Bertz CT molecular complexity index is 1210. The molecule has 0 radical (unpaired) electrons. The lowest BCUT2D eigenvalue weighted by molar-refractivity contribution is -0.117. The van der Waals surface area contributed by atoms with E-state index in [1.165, 1.54) is 17.4 Å². The van der Waals surface area contributed by atoms with Crippen LogP contribution < -0.4 is 24.4 Å². The topological polar surface area (TPSA) is 103 Å². The summed E-state index contributed by atoms with van der Waals surface area (Å²) in [6, 6.07) is 12.7. The maximum atomic E-state index is 12.6. The van der Waals surface area contributed by atoms with Crippen LogP contribution in [0.4, 0.5) is 10.8 Å². The standard InChI is InChI=1S/C24H24N4O5S/c1-31-18-8-6-17(7-9-18)28-14-16(13-22(28)30)23-26-27-24(34-23)25-21(29)11-5-15-4-10-19(32-2)20(12-15)33-3/h4-12,16H,13-14H2,1-3H3,(H,25,27,29)/b11-5+. The smallest absolute Gasteiger partial charge is 0.250 e. The fourth-order valence-corrected chi connectivity index (χ4v) is 4.45. The summed E-state index contributed by atoms with van der Waals surface area (Å²) in [7, 11) is 4.72. The first-order chi connectivity index (χ1) is 16.5. The van der Waals surface area contributed by atoms with Crippen LogP contribution in [0.15, 0.2) is 48.5 Å². The van der Waals surface area contributed by atoms with Crippen molar-refractivity contribution in [2.45, 2.75) is 12.3 Å². The number of nitrogens with zero attached hydrogens (tertiary/aromatic N) is 3. The molecule has 1 aliphatic heterocycles. The number of hydrogen-bond acceptors (Lipinski definition) is 8. The van der Waals surface area contributed by atoms with Crippen LogP contribution in [0.3, 0.4) is 0 Å². The van der Waals surface area contributed by atoms with Crippen molar-refractivity contribution in [3.8, 4) is 17.2 Å². The predicted octanol–water partition coefficient (Wildman–Crippen LogP) is 3.74. The summed E-state index contributed by atoms with van der Waals surface area (Å²) in [4.78, 5) is 26.6. The Balaban J connectivity index is 1.37. The number of anilines is 2. The van der Waals surface area contributed by atoms with Gasteiger partial charge in [0.2, 0.25) is 16.9 Å². The number of ether oxygens (including phenoxy) is 3. The Kier molecular flexibility index (Phi) is 7.07. The molecule has 1 aromatic heterocycles. The number of nitrogens with one attached hydrogen (secondary N) is 1. The number of benzene rings is 2. The molecule has 1 unspecified atom stereocenters. The molecule has 9 nitrogen and oxygen atoms in total. The molecule has 3 aromatic rings. The van der Waals surface area contributed by atoms with Gasteiger partial charge in [0.25, 0.3) is 0 Å². The van der Waals surface area contributed by atoms with Crippen LogP contribution in [0.5, 0.6) is 17.2 Å². The third-order valence-electron chi connectivity index (χ3n) is 5.36. The monoisotopic (exact) mass is 480 g/mol. The number of hydrogen-bond donors (Lipinski definition) is 1. The Labute approximate surface area is 201 Å². The van der Waals surface area contributed by atoms with E-state index in [1.807, 2.05) is 30.3 Å². The number of carbonyl (C=O) groups excluding carboxylic acids is 2. The summed E-state index contributed by atoms with van der Waals surface area (Å²) in [6.45, 7) is 0.507. The van der Waals surface area contributed by atoms with Gasteiger partial charge in [0.05, 0.1) is 21.3 Å². The molecule has 0 saturated carbocycles. The van der Waals surface area contributed by atoms with E-state index in [1.54, 1.807) is 44.4 Å². The van der Waals surface area contributed by atoms with Gasteiger partial charge in [-0.05, 0) is 48.0 Å². The molecular weight excluding hydrogens is 456 g/mol. The first kappa shape index (κ1) is 23.2. The average molecular weight is 481 g/mol. The molecule has 1 saturated heterocycles. The van der Waals surface area contributed by atoms with E-state index >= 15 is 0 Å². The maximum Gasteiger partial charge on any atom is 0.250 e. The zero-order valence-corrected chi connectivity index (χ0v) is 19.8. The van der Waals surface area contributed by atoms with Crippen molar-refractivity contribution in [1.29, 1.82) is 0 Å². The molecular formula is C24H24N4O5S. The third-order valence-corrected chi connectivity index (χ3v) is 6.37. The number of aromatic nitrogens is 2. The first-order valence-electron chi connectivity index (χ1n) is 10.5. The zero-order chi connectivity index (χ0) is 24.1. The van der Waals surface area contributed by atoms with Crippen LogP contribution in [0.2, 0.25) is 0 Å². The molecule has 176 valence electrons. The fraction of sp³-hybridized carbons (Fsp3) is 0.250. The van der Waals surface area contributed by atoms with Gasteiger partial charge in [0.15, 0.2) is 11.5 Å². The van der Waals surface area contributed by atoms with Gasteiger partial charge in [-0.1, -0.05) is 17.4 Å². The van der Waals surface area contributed by atoms with E-state index < -0.39 is 0 Å². The minimum atomic E-state index is -0.333. The average Bonchev–Trinajstić information content (AvgIpc) is 3.49. The van der Waals surface area contributed by atoms with Crippen LogP contribution in [-0.4, -0.2) is 49.9 Å². The Hall–Kier alpha value is -3.92. The SMILES string of the molecule is COc1ccc(N2CC(c3nnc(NC(=O)/C=C/c4ccc(OC)c(OC)c4)s3)CC2=O)cc1. The van der Waals surface area contributed by atoms with Crippen LogP contribution in [-0.2, 0) is 9.59 Å². The highest BCUT2D eigenvalue weighted by atomic mass is 32.1. The molecule has 0 aliphatic carbocycles. The highest BCUT2D eigenvalue weighted by Crippen LogP contribution is 2.35. The van der Waals surface area contributed by atoms with Gasteiger partial charge in [0, 0.05) is 30.6 Å². The summed E-state index contributed by atoms with van der Waals surface area (Å²) in [5.41, 5.74) is 1.60. The number of carbonyl (C=O) groups is 2. The molecule has 34 heavy (non-hydrogen) atoms. The second kappa shape index (κ2) is 10.3. The fourth-order valence-electron chi connectivity index (χ4n) is 3.61. The van der Waals surface area contributed by atoms with Crippen LogP contribution in [0.1, 0.15) is 22.9 Å². The highest BCUT2D eigenvalue weighted by molar-refractivity contribution is 7.15. The molecule has 2 amide bonds. The van der Waals surface area contributed by atoms with Gasteiger partial charge in [-0.2, -0.15) is 0 Å². The van der Waals surface area contributed by atoms with Gasteiger partial charge >= 0.3 is 0 Å². The van der Waals surface area contributed by atoms with E-state index in [0.717, 1.165) is 17.0 Å². The zero-order valence-electron chi connectivity index (χ0n) is 19.0. The van der Waals surface area contributed by atoms with E-state index in [0.29, 0.717) is 34.6 Å². The number of rotatable bonds is 8. The summed E-state index contributed by atoms with van der Waals surface area (Å²) in [6.07, 6.45) is 3.42. The third kappa shape index (κ3) is 5.18. The van der Waals surface area contributed by atoms with Gasteiger partial charge in [0.1, 0.15) is 10.8 Å². The van der Waals surface area contributed by atoms with Gasteiger partial charge in [-0.3, -0.25) is 14.9 Å². The minimum absolute atomic E-state index is 0.0220. The molecule has 1 N–H and O–H groups in total. The molecule has 1 atom stereocenters. The van der Waals surface area contributed by atoms with E-state index in [9.17, 15) is 9.59 Å². The Morgan fingerprint density at radius 3 is 2.53 bits per heavy atom. The number of methoxy groups -OCH3 is 3. The normalized spacial score (nSPS) is 15.6. The summed E-state index contributed by atoms with van der Waals surface area (Å²) >= 11 is 1.27. The first-order valence-corrected chi connectivity index (χ1v) is 11.3. The van der Waals surface area contributed by atoms with Crippen LogP contribution >= 0.6 is 11.3 Å². The lowest BCUT2D eigenvalue weighted by Gasteiger charge is -2.16. The second-order valence-corrected chi connectivity index (χ2v) is 8.49. The van der Waals surface area contributed by atoms with E-state index in [2.05, 4.69) is 15.5 Å². The van der Waals surface area contributed by atoms with Crippen molar-refractivity contribution in [2.75, 3.05) is 38.1 Å². The molecule has 2 aromatic carbocycles. The Morgan fingerprint density at radius 1 is 1.06 bits per heavy atom. The quantitative estimate of drug-likeness (QED) is 0.490. The number of amides is 2. The molecule has 0 bridgehead atoms. The van der Waals surface area contributed by atoms with E-state index in [4.69, 9.17) is 14.2 Å². The lowest BCUT2D eigenvalue weighted by atomic mass is 10.1. The van der Waals surface area contributed by atoms with Crippen molar-refractivity contribution < 1.29 is 23.8 Å². The highest BCUT2D eigenvalue weighted by Gasteiger charge is 2.34. The van der Waals surface area contributed by atoms with Crippen molar-refractivity contribution in [3.05, 3.63) is 59.1 Å². The van der Waals surface area contributed by atoms with Crippen molar-refractivity contribution >= 4 is 40.0 Å². The summed E-state index contributed by atoms with van der Waals surface area (Å²) in [5, 5.41) is 12.1. The van der Waals surface area contributed by atoms with Crippen molar-refractivity contribution in [1.82, 2.24) is 10.2 Å².